The summed E-state index contributed by atoms with van der Waals surface area (Å²) in [5.74, 6) is -0.981. The van der Waals surface area contributed by atoms with Crippen molar-refractivity contribution < 1.29 is 22.7 Å². The van der Waals surface area contributed by atoms with Gasteiger partial charge >= 0.3 is 6.36 Å². The molecule has 0 radical (unpaired) electrons. The Morgan fingerprint density at radius 1 is 1.56 bits per heavy atom. The summed E-state index contributed by atoms with van der Waals surface area (Å²) < 4.78 is 39.5. The van der Waals surface area contributed by atoms with Crippen molar-refractivity contribution in [2.75, 3.05) is 5.73 Å². The Kier molecular flexibility index (Phi) is 2.99. The maximum absolute atomic E-state index is 12.0. The van der Waals surface area contributed by atoms with E-state index >= 15 is 0 Å². The van der Waals surface area contributed by atoms with Crippen LogP contribution in [0.25, 0.3) is 0 Å². The van der Waals surface area contributed by atoms with Crippen LogP contribution in [0.1, 0.15) is 16.1 Å². The minimum Gasteiger partial charge on any atom is -0.402 e. The Labute approximate surface area is 87.3 Å². The molecular formula is C8H4F3N3O2. The summed E-state index contributed by atoms with van der Waals surface area (Å²) in [4.78, 5) is 13.9. The number of nitriles is 1. The fourth-order valence-electron chi connectivity index (χ4n) is 0.941. The lowest BCUT2D eigenvalue weighted by atomic mass is 10.2. The molecule has 0 aliphatic carbocycles. The van der Waals surface area contributed by atoms with E-state index in [1.54, 1.807) is 0 Å². The Morgan fingerprint density at radius 3 is 2.62 bits per heavy atom. The summed E-state index contributed by atoms with van der Waals surface area (Å²) >= 11 is 0. The minimum absolute atomic E-state index is 0.0684. The molecule has 0 saturated carbocycles. The molecule has 16 heavy (non-hydrogen) atoms. The van der Waals surface area contributed by atoms with Gasteiger partial charge in [-0.1, -0.05) is 0 Å². The normalized spacial score (nSPS) is 10.6. The SMILES string of the molecule is N#Cc1ncc(N)c(C=O)c1OC(F)(F)F. The third kappa shape index (κ3) is 2.38. The molecule has 0 amide bonds. The fraction of sp³-hybridized carbons (Fsp3) is 0.125. The number of alkyl halides is 3. The number of ether oxygens (including phenoxy) is 1. The van der Waals surface area contributed by atoms with E-state index in [0.717, 1.165) is 6.20 Å². The van der Waals surface area contributed by atoms with E-state index in [1.165, 1.54) is 6.07 Å². The fourth-order valence-corrected chi connectivity index (χ4v) is 0.941. The van der Waals surface area contributed by atoms with Crippen molar-refractivity contribution in [3.8, 4) is 11.8 Å². The van der Waals surface area contributed by atoms with Gasteiger partial charge in [0.2, 0.25) is 0 Å². The molecule has 0 fully saturated rings. The van der Waals surface area contributed by atoms with Crippen LogP contribution < -0.4 is 10.5 Å². The van der Waals surface area contributed by atoms with Crippen LogP contribution in [0.2, 0.25) is 0 Å². The molecule has 8 heteroatoms. The number of nitrogen functional groups attached to an aromatic ring is 1. The number of halogens is 3. The molecule has 0 bridgehead atoms. The van der Waals surface area contributed by atoms with Crippen molar-refractivity contribution in [2.45, 2.75) is 6.36 Å². The molecule has 0 spiro atoms. The molecule has 0 aromatic carbocycles. The molecule has 2 N–H and O–H groups in total. The second-order valence-corrected chi connectivity index (χ2v) is 2.58. The molecule has 1 aromatic rings. The van der Waals surface area contributed by atoms with Crippen molar-refractivity contribution in [3.63, 3.8) is 0 Å². The predicted molar refractivity (Wildman–Crippen MR) is 45.4 cm³/mol. The minimum atomic E-state index is -5.03. The molecule has 1 heterocycles. The summed E-state index contributed by atoms with van der Waals surface area (Å²) in [6.45, 7) is 0. The highest BCUT2D eigenvalue weighted by Gasteiger charge is 2.34. The monoisotopic (exact) mass is 231 g/mol. The standard InChI is InChI=1S/C8H4F3N3O2/c9-8(10,11)16-7-4(3-15)5(13)2-14-6(7)1-12/h2-3H,13H2. The number of carbonyl (C=O) groups is 1. The summed E-state index contributed by atoms with van der Waals surface area (Å²) in [6, 6.07) is 1.37. The number of hydrogen-bond donors (Lipinski definition) is 1. The molecule has 1 rings (SSSR count). The van der Waals surface area contributed by atoms with E-state index in [1.807, 2.05) is 0 Å². The number of anilines is 1. The molecule has 0 aliphatic heterocycles. The Morgan fingerprint density at radius 2 is 2.19 bits per heavy atom. The van der Waals surface area contributed by atoms with Gasteiger partial charge in [-0.25, -0.2) is 4.98 Å². The lowest BCUT2D eigenvalue weighted by Crippen LogP contribution is -2.19. The molecule has 5 nitrogen and oxygen atoms in total. The largest absolute Gasteiger partial charge is 0.573 e. The lowest BCUT2D eigenvalue weighted by Gasteiger charge is -2.12. The van der Waals surface area contributed by atoms with Crippen molar-refractivity contribution >= 4 is 12.0 Å². The van der Waals surface area contributed by atoms with Gasteiger partial charge in [-0.3, -0.25) is 4.79 Å². The number of hydrogen-bond acceptors (Lipinski definition) is 5. The summed E-state index contributed by atoms with van der Waals surface area (Å²) in [5.41, 5.74) is 3.72. The number of pyridine rings is 1. The second-order valence-electron chi connectivity index (χ2n) is 2.58. The molecule has 0 atom stereocenters. The van der Waals surface area contributed by atoms with Gasteiger partial charge in [0.15, 0.2) is 17.7 Å². The van der Waals surface area contributed by atoms with Gasteiger partial charge in [-0.05, 0) is 0 Å². The van der Waals surface area contributed by atoms with E-state index in [4.69, 9.17) is 11.0 Å². The zero-order valence-electron chi connectivity index (χ0n) is 7.58. The molecule has 0 saturated heterocycles. The molecule has 1 aromatic heterocycles. The van der Waals surface area contributed by atoms with Gasteiger partial charge in [-0.2, -0.15) is 5.26 Å². The quantitative estimate of drug-likeness (QED) is 0.773. The zero-order chi connectivity index (χ0) is 12.3. The van der Waals surface area contributed by atoms with E-state index in [9.17, 15) is 18.0 Å². The first-order valence-electron chi connectivity index (χ1n) is 3.78. The van der Waals surface area contributed by atoms with Crippen LogP contribution in [0.4, 0.5) is 18.9 Å². The molecule has 0 aliphatic rings. The lowest BCUT2D eigenvalue weighted by molar-refractivity contribution is -0.274. The van der Waals surface area contributed by atoms with Crippen LogP contribution in [0.3, 0.4) is 0 Å². The van der Waals surface area contributed by atoms with Crippen LogP contribution in [0, 0.1) is 11.3 Å². The predicted octanol–water partition coefficient (Wildman–Crippen LogP) is 1.25. The molecular weight excluding hydrogens is 227 g/mol. The highest BCUT2D eigenvalue weighted by molar-refractivity contribution is 5.87. The van der Waals surface area contributed by atoms with E-state index < -0.39 is 23.4 Å². The van der Waals surface area contributed by atoms with Crippen LogP contribution in [-0.2, 0) is 0 Å². The first kappa shape index (κ1) is 11.8. The van der Waals surface area contributed by atoms with E-state index in [2.05, 4.69) is 9.72 Å². The van der Waals surface area contributed by atoms with Gasteiger partial charge in [-0.15, -0.1) is 13.2 Å². The number of nitrogens with two attached hydrogens (primary N) is 1. The van der Waals surface area contributed by atoms with Gasteiger partial charge in [0.05, 0.1) is 17.4 Å². The number of aldehydes is 1. The van der Waals surface area contributed by atoms with Crippen LogP contribution >= 0.6 is 0 Å². The van der Waals surface area contributed by atoms with E-state index in [0.29, 0.717) is 0 Å². The third-order valence-corrected chi connectivity index (χ3v) is 1.54. The topological polar surface area (TPSA) is 89.0 Å². The summed E-state index contributed by atoms with van der Waals surface area (Å²) in [7, 11) is 0. The third-order valence-electron chi connectivity index (χ3n) is 1.54. The second kappa shape index (κ2) is 4.06. The van der Waals surface area contributed by atoms with Gasteiger partial charge in [0, 0.05) is 0 Å². The van der Waals surface area contributed by atoms with E-state index in [-0.39, 0.29) is 12.0 Å². The number of nitrogens with zero attached hydrogens (tertiary/aromatic N) is 2. The Bertz CT molecular complexity index is 465. The molecule has 84 valence electrons. The van der Waals surface area contributed by atoms with Gasteiger partial charge in [0.25, 0.3) is 0 Å². The maximum atomic E-state index is 12.0. The van der Waals surface area contributed by atoms with Crippen molar-refractivity contribution in [2.24, 2.45) is 0 Å². The number of rotatable bonds is 2. The zero-order valence-corrected chi connectivity index (χ0v) is 7.58. The van der Waals surface area contributed by atoms with Crippen LogP contribution in [0.5, 0.6) is 5.75 Å². The first-order valence-corrected chi connectivity index (χ1v) is 3.78. The Balaban J connectivity index is 3.38. The Hall–Kier alpha value is -2.30. The highest BCUT2D eigenvalue weighted by Crippen LogP contribution is 2.30. The molecule has 0 unspecified atom stereocenters. The summed E-state index contributed by atoms with van der Waals surface area (Å²) in [5, 5.41) is 8.51. The average Bonchev–Trinajstić information content (AvgIpc) is 2.16. The van der Waals surface area contributed by atoms with Crippen molar-refractivity contribution in [1.29, 1.82) is 5.26 Å². The van der Waals surface area contributed by atoms with Gasteiger partial charge in [0.1, 0.15) is 6.07 Å². The average molecular weight is 231 g/mol. The van der Waals surface area contributed by atoms with Gasteiger partial charge < -0.3 is 10.5 Å². The first-order chi connectivity index (χ1) is 7.39. The van der Waals surface area contributed by atoms with Crippen molar-refractivity contribution in [3.05, 3.63) is 17.5 Å². The highest BCUT2D eigenvalue weighted by atomic mass is 19.4. The maximum Gasteiger partial charge on any atom is 0.573 e. The van der Waals surface area contributed by atoms with Crippen LogP contribution in [0.15, 0.2) is 6.20 Å². The number of carbonyl (C=O) groups excluding carboxylic acids is 1. The number of aromatic nitrogens is 1. The summed E-state index contributed by atoms with van der Waals surface area (Å²) in [6.07, 6.45) is -4.05. The van der Waals surface area contributed by atoms with Crippen LogP contribution in [-0.4, -0.2) is 17.6 Å². The smallest absolute Gasteiger partial charge is 0.402 e. The van der Waals surface area contributed by atoms with Crippen molar-refractivity contribution in [1.82, 2.24) is 4.98 Å².